The summed E-state index contributed by atoms with van der Waals surface area (Å²) in [5.41, 5.74) is 2.83. The van der Waals surface area contributed by atoms with Gasteiger partial charge < -0.3 is 9.84 Å². The van der Waals surface area contributed by atoms with Crippen molar-refractivity contribution in [3.63, 3.8) is 0 Å². The van der Waals surface area contributed by atoms with Crippen LogP contribution in [0.15, 0.2) is 28.4 Å². The van der Waals surface area contributed by atoms with Crippen molar-refractivity contribution >= 4 is 17.2 Å². The van der Waals surface area contributed by atoms with E-state index >= 15 is 0 Å². The molecular weight excluding hydrogens is 326 g/mol. The third-order valence-electron chi connectivity index (χ3n) is 3.73. The van der Waals surface area contributed by atoms with E-state index in [1.807, 2.05) is 31.5 Å². The summed E-state index contributed by atoms with van der Waals surface area (Å²) >= 11 is 1.54. The van der Waals surface area contributed by atoms with Crippen molar-refractivity contribution < 1.29 is 9.32 Å². The van der Waals surface area contributed by atoms with Crippen LogP contribution in [0.5, 0.6) is 0 Å². The Bertz CT molecular complexity index is 787. The number of hydrogen-bond acceptors (Lipinski definition) is 6. The second-order valence-electron chi connectivity index (χ2n) is 5.47. The van der Waals surface area contributed by atoms with Crippen molar-refractivity contribution in [2.45, 2.75) is 33.1 Å². The van der Waals surface area contributed by atoms with Crippen LogP contribution in [0.1, 0.15) is 29.1 Å². The van der Waals surface area contributed by atoms with Gasteiger partial charge in [-0.3, -0.25) is 4.79 Å². The van der Waals surface area contributed by atoms with Gasteiger partial charge in [-0.15, -0.1) is 11.3 Å². The molecule has 0 saturated carbocycles. The predicted octanol–water partition coefficient (Wildman–Crippen LogP) is 2.23. The minimum Gasteiger partial charge on any atom is -0.361 e. The SMILES string of the molecule is Cc1noc(C)c1CCC(=O)NCCc1csc(-n2cccn2)n1. The minimum atomic E-state index is 0.0255. The molecule has 3 aromatic heterocycles. The van der Waals surface area contributed by atoms with E-state index in [1.54, 1.807) is 10.9 Å². The number of hydrogen-bond donors (Lipinski definition) is 1. The maximum atomic E-state index is 11.9. The third-order valence-corrected chi connectivity index (χ3v) is 4.61. The van der Waals surface area contributed by atoms with Gasteiger partial charge in [-0.1, -0.05) is 5.16 Å². The number of nitrogens with zero attached hydrogens (tertiary/aromatic N) is 4. The second kappa shape index (κ2) is 7.39. The molecule has 3 rings (SSSR count). The molecule has 1 amide bonds. The van der Waals surface area contributed by atoms with Crippen LogP contribution in [0, 0.1) is 13.8 Å². The van der Waals surface area contributed by atoms with E-state index in [2.05, 4.69) is 20.6 Å². The van der Waals surface area contributed by atoms with Crippen molar-refractivity contribution in [2.75, 3.05) is 6.54 Å². The van der Waals surface area contributed by atoms with E-state index in [-0.39, 0.29) is 5.91 Å². The van der Waals surface area contributed by atoms with Gasteiger partial charge in [-0.25, -0.2) is 9.67 Å². The molecule has 0 radical (unpaired) electrons. The molecule has 0 fully saturated rings. The second-order valence-corrected chi connectivity index (χ2v) is 6.31. The number of aryl methyl sites for hydroxylation is 2. The lowest BCUT2D eigenvalue weighted by Crippen LogP contribution is -2.26. The number of rotatable bonds is 7. The summed E-state index contributed by atoms with van der Waals surface area (Å²) in [5.74, 6) is 0.812. The maximum Gasteiger partial charge on any atom is 0.220 e. The van der Waals surface area contributed by atoms with Crippen molar-refractivity contribution in [3.05, 3.63) is 46.6 Å². The zero-order chi connectivity index (χ0) is 16.9. The number of carbonyl (C=O) groups is 1. The molecule has 0 saturated heterocycles. The van der Waals surface area contributed by atoms with Crippen LogP contribution in [0.2, 0.25) is 0 Å². The Labute approximate surface area is 143 Å². The largest absolute Gasteiger partial charge is 0.361 e. The Morgan fingerprint density at radius 1 is 1.38 bits per heavy atom. The Morgan fingerprint density at radius 3 is 2.96 bits per heavy atom. The average Bonchev–Trinajstić information content (AvgIpc) is 3.28. The molecule has 0 spiro atoms. The molecule has 126 valence electrons. The first-order valence-corrected chi connectivity index (χ1v) is 8.64. The van der Waals surface area contributed by atoms with Crippen LogP contribution >= 0.6 is 11.3 Å². The molecule has 0 aliphatic carbocycles. The van der Waals surface area contributed by atoms with Crippen molar-refractivity contribution in [3.8, 4) is 5.13 Å². The minimum absolute atomic E-state index is 0.0255. The van der Waals surface area contributed by atoms with Gasteiger partial charge in [0.05, 0.1) is 11.4 Å². The standard InChI is InChI=1S/C16H19N5O2S/c1-11-14(12(2)23-20-11)4-5-15(22)17-8-6-13-10-24-16(19-13)21-9-3-7-18-21/h3,7,9-10H,4-6,8H2,1-2H3,(H,17,22). The normalized spacial score (nSPS) is 10.9. The van der Waals surface area contributed by atoms with Gasteiger partial charge in [0.2, 0.25) is 11.0 Å². The lowest BCUT2D eigenvalue weighted by atomic mass is 10.1. The molecular formula is C16H19N5O2S. The molecule has 8 heteroatoms. The highest BCUT2D eigenvalue weighted by atomic mass is 32.1. The number of amides is 1. The third kappa shape index (κ3) is 3.88. The molecule has 0 atom stereocenters. The van der Waals surface area contributed by atoms with E-state index < -0.39 is 0 Å². The fourth-order valence-electron chi connectivity index (χ4n) is 2.41. The van der Waals surface area contributed by atoms with E-state index in [4.69, 9.17) is 4.52 Å². The van der Waals surface area contributed by atoms with Crippen LogP contribution < -0.4 is 5.32 Å². The molecule has 0 aliphatic rings. The highest BCUT2D eigenvalue weighted by Crippen LogP contribution is 2.15. The molecule has 24 heavy (non-hydrogen) atoms. The summed E-state index contributed by atoms with van der Waals surface area (Å²) in [6.45, 7) is 4.33. The Hall–Kier alpha value is -2.48. The van der Waals surface area contributed by atoms with Gasteiger partial charge in [0.1, 0.15) is 5.76 Å². The monoisotopic (exact) mass is 345 g/mol. The van der Waals surface area contributed by atoms with Crippen LogP contribution in [0.4, 0.5) is 0 Å². The van der Waals surface area contributed by atoms with Crippen LogP contribution in [0.3, 0.4) is 0 Å². The lowest BCUT2D eigenvalue weighted by molar-refractivity contribution is -0.121. The first-order chi connectivity index (χ1) is 11.6. The lowest BCUT2D eigenvalue weighted by Gasteiger charge is -2.04. The van der Waals surface area contributed by atoms with Crippen LogP contribution in [0.25, 0.3) is 5.13 Å². The zero-order valence-corrected chi connectivity index (χ0v) is 14.5. The summed E-state index contributed by atoms with van der Waals surface area (Å²) in [7, 11) is 0. The van der Waals surface area contributed by atoms with Gasteiger partial charge in [0.15, 0.2) is 0 Å². The molecule has 0 aliphatic heterocycles. The topological polar surface area (TPSA) is 85.8 Å². The average molecular weight is 345 g/mol. The summed E-state index contributed by atoms with van der Waals surface area (Å²) in [5, 5.41) is 13.8. The smallest absolute Gasteiger partial charge is 0.220 e. The van der Waals surface area contributed by atoms with Gasteiger partial charge in [-0.2, -0.15) is 5.10 Å². The predicted molar refractivity (Wildman–Crippen MR) is 90.2 cm³/mol. The number of nitrogens with one attached hydrogen (secondary N) is 1. The fourth-order valence-corrected chi connectivity index (χ4v) is 3.21. The van der Waals surface area contributed by atoms with Crippen molar-refractivity contribution in [1.82, 2.24) is 25.2 Å². The fraction of sp³-hybridized carbons (Fsp3) is 0.375. The first kappa shape index (κ1) is 16.4. The summed E-state index contributed by atoms with van der Waals surface area (Å²) in [4.78, 5) is 16.5. The Morgan fingerprint density at radius 2 is 2.25 bits per heavy atom. The molecule has 3 aromatic rings. The number of thiazole rings is 1. The Kier molecular flexibility index (Phi) is 5.05. The van der Waals surface area contributed by atoms with Gasteiger partial charge in [0, 0.05) is 42.7 Å². The van der Waals surface area contributed by atoms with E-state index in [0.717, 1.165) is 27.8 Å². The first-order valence-electron chi connectivity index (χ1n) is 7.76. The van der Waals surface area contributed by atoms with Gasteiger partial charge >= 0.3 is 0 Å². The molecule has 7 nitrogen and oxygen atoms in total. The number of carbonyl (C=O) groups excluding carboxylic acids is 1. The van der Waals surface area contributed by atoms with Crippen LogP contribution in [-0.4, -0.2) is 32.4 Å². The van der Waals surface area contributed by atoms with Crippen molar-refractivity contribution in [1.29, 1.82) is 0 Å². The summed E-state index contributed by atoms with van der Waals surface area (Å²) < 4.78 is 6.84. The highest BCUT2D eigenvalue weighted by molar-refractivity contribution is 7.12. The quantitative estimate of drug-likeness (QED) is 0.710. The number of aromatic nitrogens is 4. The highest BCUT2D eigenvalue weighted by Gasteiger charge is 2.11. The summed E-state index contributed by atoms with van der Waals surface area (Å²) in [6, 6.07) is 1.86. The van der Waals surface area contributed by atoms with Crippen LogP contribution in [-0.2, 0) is 17.6 Å². The van der Waals surface area contributed by atoms with E-state index in [0.29, 0.717) is 25.8 Å². The molecule has 0 bridgehead atoms. The molecule has 3 heterocycles. The zero-order valence-electron chi connectivity index (χ0n) is 13.7. The summed E-state index contributed by atoms with van der Waals surface area (Å²) in [6.07, 6.45) is 5.36. The molecule has 1 N–H and O–H groups in total. The van der Waals surface area contributed by atoms with E-state index in [9.17, 15) is 4.79 Å². The van der Waals surface area contributed by atoms with Crippen molar-refractivity contribution in [2.24, 2.45) is 0 Å². The van der Waals surface area contributed by atoms with E-state index in [1.165, 1.54) is 11.3 Å². The van der Waals surface area contributed by atoms with Gasteiger partial charge in [0.25, 0.3) is 0 Å². The molecule has 0 aromatic carbocycles. The van der Waals surface area contributed by atoms with Gasteiger partial charge in [-0.05, 0) is 26.3 Å². The molecule has 0 unspecified atom stereocenters. The Balaban J connectivity index is 1.42. The maximum absolute atomic E-state index is 11.9.